The summed E-state index contributed by atoms with van der Waals surface area (Å²) in [5, 5.41) is 7.56. The lowest BCUT2D eigenvalue weighted by Crippen LogP contribution is -2.17. The quantitative estimate of drug-likeness (QED) is 0.396. The minimum absolute atomic E-state index is 0.00610. The number of para-hydroxylation sites is 1. The number of hydrogen-bond acceptors (Lipinski definition) is 8. The number of benzene rings is 2. The van der Waals surface area contributed by atoms with E-state index in [0.717, 1.165) is 23.8 Å². The standard InChI is InChI=1S/C21H16FN3O5S2/c1-13-10-15(22)6-7-18(13)32(27,28)25-17-5-3-2-4-16(17)21(26)29-11-19-23-20(24-30-19)14-8-9-31-12-14/h2-10,12,25H,11H2,1H3. The molecule has 1 N–H and O–H groups in total. The first kappa shape index (κ1) is 21.7. The van der Waals surface area contributed by atoms with Gasteiger partial charge < -0.3 is 9.26 Å². The summed E-state index contributed by atoms with van der Waals surface area (Å²) in [6.07, 6.45) is 0. The number of nitrogens with zero attached hydrogens (tertiary/aromatic N) is 2. The van der Waals surface area contributed by atoms with Gasteiger partial charge in [0.25, 0.3) is 15.9 Å². The number of aromatic nitrogens is 2. The van der Waals surface area contributed by atoms with Crippen LogP contribution in [0.1, 0.15) is 21.8 Å². The van der Waals surface area contributed by atoms with Gasteiger partial charge in [-0.05, 0) is 54.3 Å². The molecule has 0 saturated carbocycles. The van der Waals surface area contributed by atoms with Crippen LogP contribution in [0.3, 0.4) is 0 Å². The van der Waals surface area contributed by atoms with Crippen molar-refractivity contribution >= 4 is 33.0 Å². The van der Waals surface area contributed by atoms with Crippen LogP contribution in [0.4, 0.5) is 10.1 Å². The highest BCUT2D eigenvalue weighted by Gasteiger charge is 2.22. The Balaban J connectivity index is 1.50. The van der Waals surface area contributed by atoms with E-state index in [4.69, 9.17) is 9.26 Å². The highest BCUT2D eigenvalue weighted by molar-refractivity contribution is 7.92. The number of rotatable bonds is 7. The molecule has 8 nitrogen and oxygen atoms in total. The fourth-order valence-electron chi connectivity index (χ4n) is 2.89. The Morgan fingerprint density at radius 3 is 2.78 bits per heavy atom. The highest BCUT2D eigenvalue weighted by Crippen LogP contribution is 2.24. The normalized spacial score (nSPS) is 11.3. The van der Waals surface area contributed by atoms with Crippen LogP contribution in [0, 0.1) is 12.7 Å². The zero-order chi connectivity index (χ0) is 22.7. The molecule has 2 aromatic heterocycles. The van der Waals surface area contributed by atoms with E-state index < -0.39 is 21.8 Å². The molecule has 2 aromatic carbocycles. The van der Waals surface area contributed by atoms with E-state index in [0.29, 0.717) is 5.82 Å². The molecule has 164 valence electrons. The lowest BCUT2D eigenvalue weighted by Gasteiger charge is -2.13. The smallest absolute Gasteiger partial charge is 0.340 e. The summed E-state index contributed by atoms with van der Waals surface area (Å²) >= 11 is 1.48. The molecule has 0 fully saturated rings. The number of carbonyl (C=O) groups is 1. The molecule has 0 aliphatic heterocycles. The maximum absolute atomic E-state index is 13.3. The number of sulfonamides is 1. The van der Waals surface area contributed by atoms with Gasteiger partial charge in [-0.2, -0.15) is 16.3 Å². The molecule has 2 heterocycles. The van der Waals surface area contributed by atoms with Crippen molar-refractivity contribution in [1.29, 1.82) is 0 Å². The van der Waals surface area contributed by atoms with Gasteiger partial charge in [-0.3, -0.25) is 4.72 Å². The molecule has 4 rings (SSSR count). The molecule has 4 aromatic rings. The van der Waals surface area contributed by atoms with Gasteiger partial charge in [0.1, 0.15) is 5.82 Å². The van der Waals surface area contributed by atoms with Crippen LogP contribution in [-0.2, 0) is 21.4 Å². The van der Waals surface area contributed by atoms with Gasteiger partial charge in [0.15, 0.2) is 6.61 Å². The number of aryl methyl sites for hydroxylation is 1. The summed E-state index contributed by atoms with van der Waals surface area (Å²) in [6, 6.07) is 11.1. The Labute approximate surface area is 186 Å². The average Bonchev–Trinajstić information content (AvgIpc) is 3.43. The van der Waals surface area contributed by atoms with Gasteiger partial charge in [0.05, 0.1) is 16.1 Å². The molecule has 0 unspecified atom stereocenters. The predicted molar refractivity (Wildman–Crippen MR) is 115 cm³/mol. The number of thiophene rings is 1. The van der Waals surface area contributed by atoms with Crippen molar-refractivity contribution in [2.24, 2.45) is 0 Å². The molecule has 32 heavy (non-hydrogen) atoms. The first-order valence-corrected chi connectivity index (χ1v) is 11.7. The average molecular weight is 474 g/mol. The van der Waals surface area contributed by atoms with E-state index in [-0.39, 0.29) is 34.2 Å². The number of carbonyl (C=O) groups excluding carboxylic acids is 1. The van der Waals surface area contributed by atoms with Crippen LogP contribution in [-0.4, -0.2) is 24.5 Å². The molecule has 0 amide bonds. The molecule has 0 radical (unpaired) electrons. The Morgan fingerprint density at radius 1 is 1.22 bits per heavy atom. The summed E-state index contributed by atoms with van der Waals surface area (Å²) in [5.74, 6) is -0.859. The monoisotopic (exact) mass is 473 g/mol. The van der Waals surface area contributed by atoms with Gasteiger partial charge in [0.2, 0.25) is 5.82 Å². The van der Waals surface area contributed by atoms with Crippen molar-refractivity contribution in [3.63, 3.8) is 0 Å². The third-order valence-electron chi connectivity index (χ3n) is 4.39. The van der Waals surface area contributed by atoms with E-state index in [1.165, 1.54) is 30.4 Å². The van der Waals surface area contributed by atoms with Gasteiger partial charge in [0, 0.05) is 10.9 Å². The summed E-state index contributed by atoms with van der Waals surface area (Å²) in [5.41, 5.74) is 1.03. The minimum atomic E-state index is -4.07. The third-order valence-corrected chi connectivity index (χ3v) is 6.60. The van der Waals surface area contributed by atoms with Crippen molar-refractivity contribution in [1.82, 2.24) is 10.1 Å². The van der Waals surface area contributed by atoms with E-state index in [1.807, 2.05) is 16.8 Å². The molecule has 0 aliphatic rings. The van der Waals surface area contributed by atoms with E-state index >= 15 is 0 Å². The zero-order valence-corrected chi connectivity index (χ0v) is 18.2. The van der Waals surface area contributed by atoms with Crippen LogP contribution in [0.15, 0.2) is 68.7 Å². The number of ether oxygens (including phenoxy) is 1. The summed E-state index contributed by atoms with van der Waals surface area (Å²) < 4.78 is 51.6. The van der Waals surface area contributed by atoms with E-state index in [2.05, 4.69) is 14.9 Å². The second-order valence-corrected chi connectivity index (χ2v) is 9.09. The fourth-order valence-corrected chi connectivity index (χ4v) is 4.83. The Bertz CT molecular complexity index is 1370. The Hall–Kier alpha value is -3.57. The third kappa shape index (κ3) is 4.68. The van der Waals surface area contributed by atoms with E-state index in [9.17, 15) is 17.6 Å². The summed E-state index contributed by atoms with van der Waals surface area (Å²) in [4.78, 5) is 16.7. The van der Waals surface area contributed by atoms with Crippen molar-refractivity contribution in [2.45, 2.75) is 18.4 Å². The molecule has 11 heteroatoms. The molecule has 0 bridgehead atoms. The van der Waals surface area contributed by atoms with Crippen molar-refractivity contribution in [3.8, 4) is 11.4 Å². The zero-order valence-electron chi connectivity index (χ0n) is 16.6. The van der Waals surface area contributed by atoms with Gasteiger partial charge >= 0.3 is 5.97 Å². The number of hydrogen-bond donors (Lipinski definition) is 1. The van der Waals surface area contributed by atoms with Crippen molar-refractivity contribution < 1.29 is 26.9 Å². The lowest BCUT2D eigenvalue weighted by atomic mass is 10.2. The van der Waals surface area contributed by atoms with Crippen LogP contribution < -0.4 is 4.72 Å². The number of nitrogens with one attached hydrogen (secondary N) is 1. The predicted octanol–water partition coefficient (Wildman–Crippen LogP) is 4.40. The molecular formula is C21H16FN3O5S2. The fraction of sp³-hybridized carbons (Fsp3) is 0.0952. The SMILES string of the molecule is Cc1cc(F)ccc1S(=O)(=O)Nc1ccccc1C(=O)OCc1nc(-c2ccsc2)no1. The second-order valence-electron chi connectivity index (χ2n) is 6.66. The summed E-state index contributed by atoms with van der Waals surface area (Å²) in [6.45, 7) is 1.20. The first-order valence-electron chi connectivity index (χ1n) is 9.24. The minimum Gasteiger partial charge on any atom is -0.452 e. The van der Waals surface area contributed by atoms with Crippen molar-refractivity contribution in [2.75, 3.05) is 4.72 Å². The van der Waals surface area contributed by atoms with Crippen LogP contribution in [0.5, 0.6) is 0 Å². The number of esters is 1. The highest BCUT2D eigenvalue weighted by atomic mass is 32.2. The largest absolute Gasteiger partial charge is 0.452 e. The second kappa shape index (κ2) is 8.89. The molecule has 0 atom stereocenters. The number of halogens is 1. The molecular weight excluding hydrogens is 457 g/mol. The molecule has 0 saturated heterocycles. The number of anilines is 1. The van der Waals surface area contributed by atoms with Crippen molar-refractivity contribution in [3.05, 3.63) is 82.1 Å². The van der Waals surface area contributed by atoms with Crippen LogP contribution in [0.2, 0.25) is 0 Å². The lowest BCUT2D eigenvalue weighted by molar-refractivity contribution is 0.0431. The van der Waals surface area contributed by atoms with Gasteiger partial charge in [-0.25, -0.2) is 17.6 Å². The topological polar surface area (TPSA) is 111 Å². The molecule has 0 aliphatic carbocycles. The van der Waals surface area contributed by atoms with E-state index in [1.54, 1.807) is 12.1 Å². The Morgan fingerprint density at radius 2 is 2.03 bits per heavy atom. The maximum atomic E-state index is 13.3. The van der Waals surface area contributed by atoms with Crippen LogP contribution in [0.25, 0.3) is 11.4 Å². The summed E-state index contributed by atoms with van der Waals surface area (Å²) in [7, 11) is -4.07. The van der Waals surface area contributed by atoms with Gasteiger partial charge in [-0.1, -0.05) is 17.3 Å². The Kier molecular flexibility index (Phi) is 6.01. The van der Waals surface area contributed by atoms with Crippen LogP contribution >= 0.6 is 11.3 Å². The first-order chi connectivity index (χ1) is 15.3. The van der Waals surface area contributed by atoms with Gasteiger partial charge in [-0.15, -0.1) is 0 Å². The molecule has 0 spiro atoms. The maximum Gasteiger partial charge on any atom is 0.340 e.